The first kappa shape index (κ1) is 12.6. The van der Waals surface area contributed by atoms with E-state index < -0.39 is 20.2 Å². The number of hydrogen-bond donors (Lipinski definition) is 1. The van der Waals surface area contributed by atoms with Crippen LogP contribution in [0.3, 0.4) is 0 Å². The molecule has 0 amide bonds. The van der Waals surface area contributed by atoms with Crippen LogP contribution in [0.15, 0.2) is 18.2 Å². The molecule has 0 aliphatic heterocycles. The highest BCUT2D eigenvalue weighted by Gasteiger charge is 2.36. The minimum absolute atomic E-state index is 0.0637. The minimum atomic E-state index is -3.53. The van der Waals surface area contributed by atoms with Gasteiger partial charge in [-0.25, -0.2) is 8.42 Å². The van der Waals surface area contributed by atoms with Gasteiger partial charge in [-0.05, 0) is 18.9 Å². The summed E-state index contributed by atoms with van der Waals surface area (Å²) in [5.74, 6) is 0.356. The molecule has 7 nitrogen and oxygen atoms in total. The zero-order valence-electron chi connectivity index (χ0n) is 9.62. The molecule has 8 heteroatoms. The molecule has 0 spiro atoms. The molecule has 0 unspecified atom stereocenters. The smallest absolute Gasteiger partial charge is 0.293 e. The number of rotatable bonds is 5. The van der Waals surface area contributed by atoms with Gasteiger partial charge in [0.15, 0.2) is 0 Å². The summed E-state index contributed by atoms with van der Waals surface area (Å²) >= 11 is 0. The van der Waals surface area contributed by atoms with Crippen molar-refractivity contribution in [1.29, 1.82) is 0 Å². The monoisotopic (exact) mass is 272 g/mol. The number of nitro benzene ring substituents is 1. The van der Waals surface area contributed by atoms with Crippen LogP contribution < -0.4 is 9.46 Å². The number of hydrogen-bond acceptors (Lipinski definition) is 5. The van der Waals surface area contributed by atoms with Gasteiger partial charge in [-0.2, -0.15) is 0 Å². The summed E-state index contributed by atoms with van der Waals surface area (Å²) in [4.78, 5) is 10.2. The van der Waals surface area contributed by atoms with Crippen molar-refractivity contribution in [2.45, 2.75) is 18.1 Å². The fourth-order valence-electron chi connectivity index (χ4n) is 1.50. The largest absolute Gasteiger partial charge is 0.497 e. The van der Waals surface area contributed by atoms with Crippen molar-refractivity contribution in [3.05, 3.63) is 28.3 Å². The van der Waals surface area contributed by atoms with Crippen LogP contribution in [-0.4, -0.2) is 25.7 Å². The van der Waals surface area contributed by atoms with Gasteiger partial charge in [0, 0.05) is 12.1 Å². The standard InChI is InChI=1S/C10H12N2O5S/c1-17-7-2-5-10(12(13)14)9(6-7)11-18(15,16)8-3-4-8/h2,5-6,8,11H,3-4H2,1H3. The van der Waals surface area contributed by atoms with Gasteiger partial charge in [-0.1, -0.05) is 0 Å². The Kier molecular flexibility index (Phi) is 3.12. The summed E-state index contributed by atoms with van der Waals surface area (Å²) in [6.45, 7) is 0. The van der Waals surface area contributed by atoms with Gasteiger partial charge in [0.1, 0.15) is 11.4 Å². The van der Waals surface area contributed by atoms with Gasteiger partial charge in [-0.3, -0.25) is 14.8 Å². The highest BCUT2D eigenvalue weighted by atomic mass is 32.2. The van der Waals surface area contributed by atoms with Crippen LogP contribution in [0.4, 0.5) is 11.4 Å². The molecule has 1 aliphatic carbocycles. The third-order valence-corrected chi connectivity index (χ3v) is 4.47. The zero-order valence-corrected chi connectivity index (χ0v) is 10.4. The fraction of sp³-hybridized carbons (Fsp3) is 0.400. The molecule has 1 aromatic carbocycles. The van der Waals surface area contributed by atoms with Crippen LogP contribution in [0.2, 0.25) is 0 Å². The van der Waals surface area contributed by atoms with Gasteiger partial charge < -0.3 is 4.74 Å². The molecule has 1 aromatic rings. The van der Waals surface area contributed by atoms with E-state index in [0.29, 0.717) is 18.6 Å². The topological polar surface area (TPSA) is 98.5 Å². The highest BCUT2D eigenvalue weighted by molar-refractivity contribution is 7.93. The Morgan fingerprint density at radius 3 is 2.61 bits per heavy atom. The number of nitrogens with zero attached hydrogens (tertiary/aromatic N) is 1. The molecule has 1 fully saturated rings. The third-order valence-electron chi connectivity index (χ3n) is 2.62. The van der Waals surface area contributed by atoms with Gasteiger partial charge in [-0.15, -0.1) is 0 Å². The van der Waals surface area contributed by atoms with Crippen molar-refractivity contribution in [2.75, 3.05) is 11.8 Å². The predicted molar refractivity (Wildman–Crippen MR) is 65.2 cm³/mol. The Labute approximate surface area is 104 Å². The number of ether oxygens (including phenoxy) is 1. The lowest BCUT2D eigenvalue weighted by Crippen LogP contribution is -2.18. The van der Waals surface area contributed by atoms with Crippen LogP contribution in [-0.2, 0) is 10.0 Å². The maximum atomic E-state index is 11.8. The first-order chi connectivity index (χ1) is 8.44. The molecule has 0 saturated heterocycles. The fourth-order valence-corrected chi connectivity index (χ4v) is 2.89. The van der Waals surface area contributed by atoms with Crippen LogP contribution in [0.5, 0.6) is 5.75 Å². The molecule has 0 heterocycles. The van der Waals surface area contributed by atoms with E-state index in [0.717, 1.165) is 0 Å². The van der Waals surface area contributed by atoms with E-state index in [2.05, 4.69) is 4.72 Å². The molecule has 1 N–H and O–H groups in total. The predicted octanol–water partition coefficient (Wildman–Crippen LogP) is 1.51. The van der Waals surface area contributed by atoms with E-state index in [1.165, 1.54) is 25.3 Å². The first-order valence-corrected chi connectivity index (χ1v) is 6.83. The average Bonchev–Trinajstić information content (AvgIpc) is 3.11. The molecule has 2 rings (SSSR count). The molecule has 0 bridgehead atoms. The second-order valence-corrected chi connectivity index (χ2v) is 5.95. The van der Waals surface area contributed by atoms with Crippen molar-refractivity contribution in [3.63, 3.8) is 0 Å². The number of methoxy groups -OCH3 is 1. The van der Waals surface area contributed by atoms with Crippen molar-refractivity contribution in [1.82, 2.24) is 0 Å². The van der Waals surface area contributed by atoms with E-state index in [4.69, 9.17) is 4.74 Å². The second kappa shape index (κ2) is 4.45. The molecular formula is C10H12N2O5S. The summed E-state index contributed by atoms with van der Waals surface area (Å²) in [6.07, 6.45) is 1.18. The lowest BCUT2D eigenvalue weighted by atomic mass is 10.2. The SMILES string of the molecule is COc1ccc([N+](=O)[O-])c(NS(=O)(=O)C2CC2)c1. The van der Waals surface area contributed by atoms with E-state index in [9.17, 15) is 18.5 Å². The zero-order chi connectivity index (χ0) is 13.3. The summed E-state index contributed by atoms with van der Waals surface area (Å²) < 4.78 is 30.7. The summed E-state index contributed by atoms with van der Waals surface area (Å²) in [5.41, 5.74) is -0.355. The lowest BCUT2D eigenvalue weighted by molar-refractivity contribution is -0.383. The molecular weight excluding hydrogens is 260 g/mol. The Hall–Kier alpha value is -1.83. The number of nitro groups is 1. The summed E-state index contributed by atoms with van der Waals surface area (Å²) in [5, 5.41) is 10.4. The number of sulfonamides is 1. The maximum absolute atomic E-state index is 11.8. The minimum Gasteiger partial charge on any atom is -0.497 e. The van der Waals surface area contributed by atoms with Crippen LogP contribution in [0, 0.1) is 10.1 Å². The first-order valence-electron chi connectivity index (χ1n) is 5.28. The van der Waals surface area contributed by atoms with Crippen molar-refractivity contribution < 1.29 is 18.1 Å². The second-order valence-electron chi connectivity index (χ2n) is 3.99. The van der Waals surface area contributed by atoms with Gasteiger partial charge in [0.05, 0.1) is 17.3 Å². The number of benzene rings is 1. The van der Waals surface area contributed by atoms with E-state index >= 15 is 0 Å². The molecule has 18 heavy (non-hydrogen) atoms. The Balaban J connectivity index is 2.37. The molecule has 1 saturated carbocycles. The summed E-state index contributed by atoms with van der Waals surface area (Å²) in [7, 11) is -2.13. The summed E-state index contributed by atoms with van der Waals surface area (Å²) in [6, 6.07) is 3.93. The van der Waals surface area contributed by atoms with Crippen LogP contribution >= 0.6 is 0 Å². The lowest BCUT2D eigenvalue weighted by Gasteiger charge is -2.08. The highest BCUT2D eigenvalue weighted by Crippen LogP contribution is 2.34. The van der Waals surface area contributed by atoms with Crippen LogP contribution in [0.25, 0.3) is 0 Å². The van der Waals surface area contributed by atoms with Crippen molar-refractivity contribution in [3.8, 4) is 5.75 Å². The Morgan fingerprint density at radius 1 is 1.44 bits per heavy atom. The normalized spacial score (nSPS) is 15.2. The van der Waals surface area contributed by atoms with E-state index in [1.807, 2.05) is 0 Å². The molecule has 0 radical (unpaired) electrons. The van der Waals surface area contributed by atoms with Crippen molar-refractivity contribution >= 4 is 21.4 Å². The molecule has 0 aromatic heterocycles. The third kappa shape index (κ3) is 2.53. The van der Waals surface area contributed by atoms with E-state index in [-0.39, 0.29) is 11.4 Å². The van der Waals surface area contributed by atoms with Gasteiger partial charge in [0.2, 0.25) is 10.0 Å². The molecule has 1 aliphatic rings. The Bertz CT molecular complexity index is 580. The van der Waals surface area contributed by atoms with E-state index in [1.54, 1.807) is 0 Å². The number of nitrogens with one attached hydrogen (secondary N) is 1. The Morgan fingerprint density at radius 2 is 2.11 bits per heavy atom. The van der Waals surface area contributed by atoms with Gasteiger partial charge >= 0.3 is 0 Å². The maximum Gasteiger partial charge on any atom is 0.293 e. The number of anilines is 1. The van der Waals surface area contributed by atoms with Crippen molar-refractivity contribution in [2.24, 2.45) is 0 Å². The van der Waals surface area contributed by atoms with Gasteiger partial charge in [0.25, 0.3) is 5.69 Å². The van der Waals surface area contributed by atoms with Crippen LogP contribution in [0.1, 0.15) is 12.8 Å². The molecule has 98 valence electrons. The quantitative estimate of drug-likeness (QED) is 0.647. The molecule has 0 atom stereocenters. The average molecular weight is 272 g/mol.